The summed E-state index contributed by atoms with van der Waals surface area (Å²) in [4.78, 5) is 21.1. The first kappa shape index (κ1) is 14.6. The standard InChI is InChI=1S/C18H21N7O3/c1-19-15-8-14(23-13-4-3-5-20-18(13)28-2)24-16-12(9-21-25(15)16)17(27)22-10-6-11(26)7-10/h3-5,8-11,19,26H,6-7H2,1-2H3,(H,22,27)(H,23,24)/i2D3. The van der Waals surface area contributed by atoms with Crippen LogP contribution >= 0.6 is 0 Å². The number of fused-ring (bicyclic) bond motifs is 1. The second kappa shape index (κ2) is 7.31. The van der Waals surface area contributed by atoms with Crippen LogP contribution in [0.25, 0.3) is 5.65 Å². The summed E-state index contributed by atoms with van der Waals surface area (Å²) < 4.78 is 28.4. The maximum Gasteiger partial charge on any atom is 0.256 e. The fourth-order valence-electron chi connectivity index (χ4n) is 3.04. The van der Waals surface area contributed by atoms with Crippen LogP contribution in [0.5, 0.6) is 5.88 Å². The van der Waals surface area contributed by atoms with Crippen LogP contribution in [0, 0.1) is 0 Å². The molecule has 146 valence electrons. The van der Waals surface area contributed by atoms with E-state index in [1.54, 1.807) is 25.2 Å². The number of carbonyl (C=O) groups is 1. The fraction of sp³-hybridized carbons (Fsp3) is 0.333. The zero-order chi connectivity index (χ0) is 22.2. The van der Waals surface area contributed by atoms with E-state index in [1.807, 2.05) is 0 Å². The first-order valence-electron chi connectivity index (χ1n) is 10.2. The third-order valence-corrected chi connectivity index (χ3v) is 4.55. The van der Waals surface area contributed by atoms with Crippen molar-refractivity contribution in [3.8, 4) is 5.88 Å². The second-order valence-corrected chi connectivity index (χ2v) is 6.45. The first-order chi connectivity index (χ1) is 14.7. The van der Waals surface area contributed by atoms with Gasteiger partial charge in [-0.2, -0.15) is 9.61 Å². The smallest absolute Gasteiger partial charge is 0.256 e. The lowest BCUT2D eigenvalue weighted by molar-refractivity contribution is 0.0563. The van der Waals surface area contributed by atoms with E-state index < -0.39 is 7.04 Å². The number of ether oxygens (including phenoxy) is 1. The van der Waals surface area contributed by atoms with Crippen LogP contribution in [-0.2, 0) is 0 Å². The lowest BCUT2D eigenvalue weighted by Gasteiger charge is -2.31. The van der Waals surface area contributed by atoms with Crippen molar-refractivity contribution >= 4 is 28.9 Å². The summed E-state index contributed by atoms with van der Waals surface area (Å²) >= 11 is 0. The fourth-order valence-corrected chi connectivity index (χ4v) is 3.04. The van der Waals surface area contributed by atoms with Crippen molar-refractivity contribution < 1.29 is 18.8 Å². The van der Waals surface area contributed by atoms with Crippen molar-refractivity contribution in [2.45, 2.75) is 25.0 Å². The van der Waals surface area contributed by atoms with Crippen molar-refractivity contribution in [1.29, 1.82) is 0 Å². The SMILES string of the molecule is [2H]C([2H])([2H])Oc1ncccc1Nc1cc(NC)n2ncc(C(=O)NC3CC(O)C3)c2n1. The maximum atomic E-state index is 12.7. The molecule has 0 aromatic carbocycles. The van der Waals surface area contributed by atoms with Crippen molar-refractivity contribution in [3.63, 3.8) is 0 Å². The Kier molecular flexibility index (Phi) is 3.82. The Bertz CT molecular complexity index is 1110. The van der Waals surface area contributed by atoms with Gasteiger partial charge in [0.2, 0.25) is 5.88 Å². The van der Waals surface area contributed by atoms with Gasteiger partial charge in [0.05, 0.1) is 23.5 Å². The van der Waals surface area contributed by atoms with Gasteiger partial charge in [-0.15, -0.1) is 0 Å². The molecule has 0 atom stereocenters. The second-order valence-electron chi connectivity index (χ2n) is 6.45. The highest BCUT2D eigenvalue weighted by molar-refractivity contribution is 6.00. The minimum Gasteiger partial charge on any atom is -0.480 e. The molecule has 1 saturated carbocycles. The van der Waals surface area contributed by atoms with Crippen LogP contribution < -0.4 is 20.7 Å². The topological polar surface area (TPSA) is 126 Å². The molecule has 4 rings (SSSR count). The number of aromatic nitrogens is 4. The predicted octanol–water partition coefficient (Wildman–Crippen LogP) is 1.17. The van der Waals surface area contributed by atoms with Crippen LogP contribution in [0.3, 0.4) is 0 Å². The van der Waals surface area contributed by atoms with E-state index in [2.05, 4.69) is 31.0 Å². The summed E-state index contributed by atoms with van der Waals surface area (Å²) in [5, 5.41) is 22.5. The lowest BCUT2D eigenvalue weighted by Crippen LogP contribution is -2.46. The van der Waals surface area contributed by atoms with Gasteiger partial charge in [0, 0.05) is 25.4 Å². The Hall–Kier alpha value is -3.40. The Balaban J connectivity index is 1.66. The third-order valence-electron chi connectivity index (χ3n) is 4.55. The van der Waals surface area contributed by atoms with E-state index in [1.165, 1.54) is 16.9 Å². The number of nitrogens with one attached hydrogen (secondary N) is 3. The molecule has 0 saturated heterocycles. The average molecular weight is 386 g/mol. The molecule has 0 bridgehead atoms. The molecule has 0 spiro atoms. The van der Waals surface area contributed by atoms with Gasteiger partial charge in [-0.25, -0.2) is 9.97 Å². The summed E-state index contributed by atoms with van der Waals surface area (Å²) in [5.74, 6) is 0.429. The summed E-state index contributed by atoms with van der Waals surface area (Å²) in [5.41, 5.74) is 0.868. The van der Waals surface area contributed by atoms with Crippen LogP contribution in [0.4, 0.5) is 17.3 Å². The van der Waals surface area contributed by atoms with Crippen molar-refractivity contribution in [2.24, 2.45) is 0 Å². The largest absolute Gasteiger partial charge is 0.480 e. The van der Waals surface area contributed by atoms with Crippen LogP contribution in [-0.4, -0.2) is 56.8 Å². The molecule has 0 radical (unpaired) electrons. The number of hydrogen-bond acceptors (Lipinski definition) is 8. The van der Waals surface area contributed by atoms with E-state index in [9.17, 15) is 9.90 Å². The number of anilines is 3. The first-order valence-corrected chi connectivity index (χ1v) is 8.70. The molecule has 3 aromatic heterocycles. The number of hydrogen-bond donors (Lipinski definition) is 4. The summed E-state index contributed by atoms with van der Waals surface area (Å²) in [6, 6.07) is 4.79. The molecule has 3 heterocycles. The van der Waals surface area contributed by atoms with Gasteiger partial charge in [0.1, 0.15) is 22.9 Å². The van der Waals surface area contributed by atoms with Gasteiger partial charge in [-0.05, 0) is 25.0 Å². The molecule has 1 amide bonds. The molecular weight excluding hydrogens is 362 g/mol. The van der Waals surface area contributed by atoms with Gasteiger partial charge in [0.25, 0.3) is 5.91 Å². The average Bonchev–Trinajstić information content (AvgIpc) is 3.10. The molecule has 0 unspecified atom stereocenters. The normalized spacial score (nSPS) is 20.4. The van der Waals surface area contributed by atoms with Gasteiger partial charge in [0.15, 0.2) is 5.65 Å². The van der Waals surface area contributed by atoms with Crippen molar-refractivity contribution in [1.82, 2.24) is 24.9 Å². The van der Waals surface area contributed by atoms with Crippen LogP contribution in [0.2, 0.25) is 0 Å². The molecule has 0 aliphatic heterocycles. The molecule has 4 N–H and O–H groups in total. The van der Waals surface area contributed by atoms with Crippen molar-refractivity contribution in [3.05, 3.63) is 36.2 Å². The molecule has 1 fully saturated rings. The molecular formula is C18H21N7O3. The zero-order valence-electron chi connectivity index (χ0n) is 18.0. The van der Waals surface area contributed by atoms with Crippen LogP contribution in [0.15, 0.2) is 30.6 Å². The minimum absolute atomic E-state index is 0.0856. The van der Waals surface area contributed by atoms with E-state index in [4.69, 9.17) is 8.85 Å². The quantitative estimate of drug-likeness (QED) is 0.497. The highest BCUT2D eigenvalue weighted by Crippen LogP contribution is 2.27. The number of methoxy groups -OCH3 is 1. The highest BCUT2D eigenvalue weighted by Gasteiger charge is 2.29. The Morgan fingerprint density at radius 3 is 3.07 bits per heavy atom. The molecule has 10 nitrogen and oxygen atoms in total. The molecule has 1 aliphatic rings. The number of amides is 1. The minimum atomic E-state index is -2.66. The number of carbonyl (C=O) groups excluding carboxylic acids is 1. The predicted molar refractivity (Wildman–Crippen MR) is 103 cm³/mol. The lowest BCUT2D eigenvalue weighted by atomic mass is 9.89. The van der Waals surface area contributed by atoms with Gasteiger partial charge in [-0.3, -0.25) is 4.79 Å². The number of rotatable bonds is 6. The monoisotopic (exact) mass is 386 g/mol. The van der Waals surface area contributed by atoms with Crippen molar-refractivity contribution in [2.75, 3.05) is 24.7 Å². The molecule has 10 heteroatoms. The summed E-state index contributed by atoms with van der Waals surface area (Å²) in [6.07, 6.45) is 3.48. The van der Waals surface area contributed by atoms with E-state index >= 15 is 0 Å². The summed E-state index contributed by atoms with van der Waals surface area (Å²) in [6.45, 7) is 0. The Morgan fingerprint density at radius 2 is 2.32 bits per heavy atom. The molecule has 28 heavy (non-hydrogen) atoms. The third kappa shape index (κ3) is 3.29. The zero-order valence-corrected chi connectivity index (χ0v) is 15.0. The molecule has 3 aromatic rings. The van der Waals surface area contributed by atoms with Gasteiger partial charge >= 0.3 is 0 Å². The number of aliphatic hydroxyl groups is 1. The number of nitrogens with zero attached hydrogens (tertiary/aromatic N) is 4. The van der Waals surface area contributed by atoms with Gasteiger partial charge < -0.3 is 25.8 Å². The molecule has 1 aliphatic carbocycles. The van der Waals surface area contributed by atoms with E-state index in [-0.39, 0.29) is 29.5 Å². The summed E-state index contributed by atoms with van der Waals surface area (Å²) in [7, 11) is -0.965. The highest BCUT2D eigenvalue weighted by atomic mass is 16.5. The number of pyridine rings is 1. The van der Waals surface area contributed by atoms with Gasteiger partial charge in [-0.1, -0.05) is 0 Å². The maximum absolute atomic E-state index is 12.7. The Morgan fingerprint density at radius 1 is 1.46 bits per heavy atom. The Labute approximate surface area is 165 Å². The van der Waals surface area contributed by atoms with Crippen LogP contribution in [0.1, 0.15) is 27.3 Å². The van der Waals surface area contributed by atoms with E-state index in [0.29, 0.717) is 35.8 Å². The number of aliphatic hydroxyl groups excluding tert-OH is 1. The van der Waals surface area contributed by atoms with E-state index in [0.717, 1.165) is 0 Å².